The van der Waals surface area contributed by atoms with E-state index in [1.165, 1.54) is 4.31 Å². The van der Waals surface area contributed by atoms with Crippen molar-refractivity contribution >= 4 is 15.9 Å². The number of fused-ring (bicyclic) bond motifs is 1. The van der Waals surface area contributed by atoms with Crippen molar-refractivity contribution in [3.8, 4) is 5.75 Å². The number of benzene rings is 2. The monoisotopic (exact) mass is 414 g/mol. The van der Waals surface area contributed by atoms with Crippen molar-refractivity contribution in [2.45, 2.75) is 43.7 Å². The Morgan fingerprint density at radius 1 is 1.07 bits per heavy atom. The van der Waals surface area contributed by atoms with Crippen LogP contribution in [-0.2, 0) is 21.4 Å². The van der Waals surface area contributed by atoms with Crippen molar-refractivity contribution in [2.75, 3.05) is 19.6 Å². The average molecular weight is 415 g/mol. The van der Waals surface area contributed by atoms with Crippen molar-refractivity contribution < 1.29 is 17.9 Å². The molecule has 1 atom stereocenters. The molecule has 0 bridgehead atoms. The van der Waals surface area contributed by atoms with E-state index in [-0.39, 0.29) is 17.3 Å². The quantitative estimate of drug-likeness (QED) is 0.758. The molecule has 7 heteroatoms. The zero-order chi connectivity index (χ0) is 20.6. The maximum Gasteiger partial charge on any atom is 0.243 e. The molecule has 2 aromatic rings. The smallest absolute Gasteiger partial charge is 0.243 e. The molecule has 1 fully saturated rings. The Labute approximate surface area is 172 Å². The van der Waals surface area contributed by atoms with Gasteiger partial charge in [-0.25, -0.2) is 8.42 Å². The number of aryl methyl sites for hydroxylation is 1. The Morgan fingerprint density at radius 2 is 1.79 bits per heavy atom. The van der Waals surface area contributed by atoms with Crippen LogP contribution in [0.15, 0.2) is 53.4 Å². The molecule has 29 heavy (non-hydrogen) atoms. The lowest BCUT2D eigenvalue weighted by Crippen LogP contribution is -2.58. The molecular formula is C22H26N2O4S. The Balaban J connectivity index is 1.68. The summed E-state index contributed by atoms with van der Waals surface area (Å²) >= 11 is 0. The molecule has 2 aliphatic heterocycles. The zero-order valence-corrected chi connectivity index (χ0v) is 17.6. The van der Waals surface area contributed by atoms with E-state index in [0.717, 1.165) is 16.9 Å². The third-order valence-corrected chi connectivity index (χ3v) is 7.61. The van der Waals surface area contributed by atoms with Crippen LogP contribution < -0.4 is 4.74 Å². The lowest BCUT2D eigenvalue weighted by Gasteiger charge is -2.43. The van der Waals surface area contributed by atoms with E-state index in [4.69, 9.17) is 4.74 Å². The second-order valence-corrected chi connectivity index (χ2v) is 9.96. The second kappa shape index (κ2) is 7.46. The number of para-hydroxylation sites is 1. The number of carbonyl (C=O) groups excluding carboxylic acids is 1. The third-order valence-electron chi connectivity index (χ3n) is 5.75. The van der Waals surface area contributed by atoms with E-state index in [0.29, 0.717) is 32.5 Å². The minimum absolute atomic E-state index is 0.0387. The van der Waals surface area contributed by atoms with Crippen LogP contribution in [0.3, 0.4) is 0 Å². The third kappa shape index (κ3) is 3.89. The van der Waals surface area contributed by atoms with Gasteiger partial charge in [0.05, 0.1) is 18.0 Å². The number of hydrogen-bond donors (Lipinski definition) is 0. The summed E-state index contributed by atoms with van der Waals surface area (Å²) in [6.07, 6.45) is 1.38. The first-order valence-electron chi connectivity index (χ1n) is 9.88. The fraction of sp³-hybridized carbons (Fsp3) is 0.409. The molecule has 0 aliphatic carbocycles. The van der Waals surface area contributed by atoms with E-state index in [1.807, 2.05) is 43.3 Å². The minimum atomic E-state index is -3.63. The Hall–Kier alpha value is -2.38. The van der Waals surface area contributed by atoms with Gasteiger partial charge in [0, 0.05) is 25.6 Å². The highest BCUT2D eigenvalue weighted by Gasteiger charge is 2.45. The molecule has 0 radical (unpaired) electrons. The summed E-state index contributed by atoms with van der Waals surface area (Å²) in [4.78, 5) is 14.3. The first-order chi connectivity index (χ1) is 13.8. The molecule has 2 aliphatic rings. The highest BCUT2D eigenvalue weighted by Crippen LogP contribution is 2.36. The molecule has 0 aromatic heterocycles. The fourth-order valence-electron chi connectivity index (χ4n) is 4.17. The van der Waals surface area contributed by atoms with Crippen LogP contribution in [0.5, 0.6) is 5.75 Å². The summed E-state index contributed by atoms with van der Waals surface area (Å²) in [6.45, 7) is 4.99. The van der Waals surface area contributed by atoms with E-state index < -0.39 is 15.6 Å². The molecule has 6 nitrogen and oxygen atoms in total. The molecule has 4 rings (SSSR count). The number of hydrogen-bond acceptors (Lipinski definition) is 4. The molecule has 1 saturated heterocycles. The number of rotatable bonds is 2. The lowest BCUT2D eigenvalue weighted by molar-refractivity contribution is -0.132. The van der Waals surface area contributed by atoms with E-state index in [2.05, 4.69) is 0 Å². The number of nitrogens with zero attached hydrogens (tertiary/aromatic N) is 2. The van der Waals surface area contributed by atoms with Gasteiger partial charge in [-0.2, -0.15) is 4.31 Å². The van der Waals surface area contributed by atoms with Gasteiger partial charge in [0.25, 0.3) is 0 Å². The Morgan fingerprint density at radius 3 is 2.52 bits per heavy atom. The maximum absolute atomic E-state index is 13.3. The standard InChI is InChI=1S/C22H26N2O4S/c1-17-8-10-20(11-9-17)29(26,27)24-13-5-12-22(16-24)15-23(18(2)25)14-19-6-3-4-7-21(19)28-22/h3-4,6-11H,5,12-16H2,1-2H3/t22-/m1/s1. The molecule has 0 saturated carbocycles. The summed E-state index contributed by atoms with van der Waals surface area (Å²) < 4.78 is 34.5. The highest BCUT2D eigenvalue weighted by atomic mass is 32.2. The van der Waals surface area contributed by atoms with Crippen LogP contribution in [0, 0.1) is 6.92 Å². The topological polar surface area (TPSA) is 66.9 Å². The van der Waals surface area contributed by atoms with Crippen LogP contribution in [0.4, 0.5) is 0 Å². The minimum Gasteiger partial charge on any atom is -0.484 e. The maximum atomic E-state index is 13.3. The van der Waals surface area contributed by atoms with E-state index in [1.54, 1.807) is 24.0 Å². The SMILES string of the molecule is CC(=O)N1Cc2ccccc2O[C@]2(CCCN(S(=O)(=O)c3ccc(C)cc3)C2)C1. The largest absolute Gasteiger partial charge is 0.484 e. The van der Waals surface area contributed by atoms with E-state index >= 15 is 0 Å². The molecule has 2 aromatic carbocycles. The van der Waals surface area contributed by atoms with Crippen molar-refractivity contribution in [1.82, 2.24) is 9.21 Å². The summed E-state index contributed by atoms with van der Waals surface area (Å²) in [5.74, 6) is 0.689. The average Bonchev–Trinajstić information content (AvgIpc) is 2.85. The molecular weight excluding hydrogens is 388 g/mol. The van der Waals surface area contributed by atoms with Crippen LogP contribution >= 0.6 is 0 Å². The summed E-state index contributed by atoms with van der Waals surface area (Å²) in [7, 11) is -3.63. The molecule has 2 heterocycles. The van der Waals surface area contributed by atoms with Crippen molar-refractivity contribution in [3.63, 3.8) is 0 Å². The van der Waals surface area contributed by atoms with Crippen LogP contribution in [0.25, 0.3) is 0 Å². The number of ether oxygens (including phenoxy) is 1. The predicted octanol–water partition coefficient (Wildman–Crippen LogP) is 2.96. The number of amides is 1. The molecule has 1 amide bonds. The van der Waals surface area contributed by atoms with Gasteiger partial charge in [-0.3, -0.25) is 4.79 Å². The van der Waals surface area contributed by atoms with Crippen LogP contribution in [0.2, 0.25) is 0 Å². The number of carbonyl (C=O) groups is 1. The second-order valence-electron chi connectivity index (χ2n) is 8.02. The van der Waals surface area contributed by atoms with Gasteiger partial charge in [0.15, 0.2) is 0 Å². The van der Waals surface area contributed by atoms with Gasteiger partial charge in [0.1, 0.15) is 11.4 Å². The van der Waals surface area contributed by atoms with Gasteiger partial charge < -0.3 is 9.64 Å². The highest BCUT2D eigenvalue weighted by molar-refractivity contribution is 7.89. The van der Waals surface area contributed by atoms with Crippen LogP contribution in [-0.4, -0.2) is 48.8 Å². The Bertz CT molecular complexity index is 1020. The summed E-state index contributed by atoms with van der Waals surface area (Å²) in [6, 6.07) is 14.6. The first-order valence-corrected chi connectivity index (χ1v) is 11.3. The molecule has 154 valence electrons. The van der Waals surface area contributed by atoms with Crippen LogP contribution in [0.1, 0.15) is 30.9 Å². The molecule has 0 unspecified atom stereocenters. The van der Waals surface area contributed by atoms with Gasteiger partial charge in [0.2, 0.25) is 15.9 Å². The lowest BCUT2D eigenvalue weighted by atomic mass is 9.93. The van der Waals surface area contributed by atoms with Crippen molar-refractivity contribution in [3.05, 3.63) is 59.7 Å². The Kier molecular flexibility index (Phi) is 5.12. The van der Waals surface area contributed by atoms with Gasteiger partial charge in [-0.15, -0.1) is 0 Å². The van der Waals surface area contributed by atoms with Crippen molar-refractivity contribution in [2.24, 2.45) is 0 Å². The van der Waals surface area contributed by atoms with Gasteiger partial charge >= 0.3 is 0 Å². The summed E-state index contributed by atoms with van der Waals surface area (Å²) in [5, 5.41) is 0. The van der Waals surface area contributed by atoms with Gasteiger partial charge in [-0.05, 0) is 38.0 Å². The van der Waals surface area contributed by atoms with Crippen molar-refractivity contribution in [1.29, 1.82) is 0 Å². The fourth-order valence-corrected chi connectivity index (χ4v) is 5.72. The summed E-state index contributed by atoms with van der Waals surface area (Å²) in [5.41, 5.74) is 1.20. The molecule has 1 spiro atoms. The predicted molar refractivity (Wildman–Crippen MR) is 110 cm³/mol. The normalized spacial score (nSPS) is 22.6. The van der Waals surface area contributed by atoms with Gasteiger partial charge in [-0.1, -0.05) is 35.9 Å². The first kappa shape index (κ1) is 19.9. The number of piperidine rings is 1. The number of sulfonamides is 1. The molecule has 0 N–H and O–H groups in total. The van der Waals surface area contributed by atoms with E-state index in [9.17, 15) is 13.2 Å². The zero-order valence-electron chi connectivity index (χ0n) is 16.8.